The van der Waals surface area contributed by atoms with Crippen molar-refractivity contribution in [2.45, 2.75) is 31.3 Å². The Balaban J connectivity index is 1.43. The lowest BCUT2D eigenvalue weighted by Gasteiger charge is -2.25. The van der Waals surface area contributed by atoms with Crippen LogP contribution < -0.4 is 25.0 Å². The van der Waals surface area contributed by atoms with E-state index in [1.807, 2.05) is 13.8 Å². The molecule has 1 aliphatic rings. The second kappa shape index (κ2) is 9.14. The van der Waals surface area contributed by atoms with Gasteiger partial charge in [-0.25, -0.2) is 13.1 Å². The molecule has 1 unspecified atom stereocenters. The molecule has 1 heterocycles. The number of hydrazine groups is 1. The average Bonchev–Trinajstić information content (AvgIpc) is 2.73. The van der Waals surface area contributed by atoms with Crippen molar-refractivity contribution in [2.24, 2.45) is 0 Å². The number of hydrogen-bond acceptors (Lipinski definition) is 6. The molecular weight excluding hydrogens is 410 g/mol. The number of nitrogens with one attached hydrogen (secondary N) is 3. The number of amides is 2. The van der Waals surface area contributed by atoms with Crippen molar-refractivity contribution in [1.82, 2.24) is 15.6 Å². The van der Waals surface area contributed by atoms with Gasteiger partial charge in [-0.05, 0) is 49.2 Å². The lowest BCUT2D eigenvalue weighted by Crippen LogP contribution is -2.51. The summed E-state index contributed by atoms with van der Waals surface area (Å²) in [6, 6.07) is 11.7. The topological polar surface area (TPSA) is 123 Å². The third-order valence-electron chi connectivity index (χ3n) is 4.56. The summed E-state index contributed by atoms with van der Waals surface area (Å²) in [6.07, 6.45) is -1.07. The molecule has 0 aromatic heterocycles. The van der Waals surface area contributed by atoms with Gasteiger partial charge < -0.3 is 9.47 Å². The number of carbonyl (C=O) groups excluding carboxylic acids is 2. The standard InChI is InChI=1S/C20H23N3O6S/c1-13-7-8-15(11-14(13)2)30(26,27)21-10-9-19(24)22-23-20(25)18-12-28-16-5-3-4-6-17(16)29-18/h3-8,11,18,21H,9-10,12H2,1-2H3,(H,22,24)(H,23,25). The summed E-state index contributed by atoms with van der Waals surface area (Å²) in [5.74, 6) is -0.144. The number of para-hydroxylation sites is 2. The van der Waals surface area contributed by atoms with E-state index >= 15 is 0 Å². The quantitative estimate of drug-likeness (QED) is 0.583. The lowest BCUT2D eigenvalue weighted by molar-refractivity contribution is -0.135. The van der Waals surface area contributed by atoms with Crippen LogP contribution in [0.5, 0.6) is 11.5 Å². The summed E-state index contributed by atoms with van der Waals surface area (Å²) in [5.41, 5.74) is 6.34. The van der Waals surface area contributed by atoms with Crippen LogP contribution in [0.3, 0.4) is 0 Å². The van der Waals surface area contributed by atoms with Gasteiger partial charge in [0.1, 0.15) is 6.61 Å². The fraction of sp³-hybridized carbons (Fsp3) is 0.300. The van der Waals surface area contributed by atoms with E-state index in [0.29, 0.717) is 11.5 Å². The number of fused-ring (bicyclic) bond motifs is 1. The first-order chi connectivity index (χ1) is 14.3. The largest absolute Gasteiger partial charge is 0.485 e. The van der Waals surface area contributed by atoms with E-state index in [-0.39, 0.29) is 24.5 Å². The van der Waals surface area contributed by atoms with Crippen LogP contribution in [-0.4, -0.2) is 39.5 Å². The van der Waals surface area contributed by atoms with Gasteiger partial charge in [-0.2, -0.15) is 0 Å². The third kappa shape index (κ3) is 5.28. The number of hydrogen-bond donors (Lipinski definition) is 3. The Labute approximate surface area is 174 Å². The van der Waals surface area contributed by atoms with Gasteiger partial charge in [0.15, 0.2) is 11.5 Å². The van der Waals surface area contributed by atoms with Crippen LogP contribution in [0.15, 0.2) is 47.4 Å². The molecule has 2 amide bonds. The van der Waals surface area contributed by atoms with E-state index in [1.165, 1.54) is 6.07 Å². The molecule has 0 saturated carbocycles. The first-order valence-electron chi connectivity index (χ1n) is 9.30. The normalized spacial score (nSPS) is 15.3. The monoisotopic (exact) mass is 433 g/mol. The Morgan fingerprint density at radius 1 is 1.03 bits per heavy atom. The minimum absolute atomic E-state index is 0.00842. The molecule has 30 heavy (non-hydrogen) atoms. The molecular formula is C20H23N3O6S. The zero-order valence-electron chi connectivity index (χ0n) is 16.6. The maximum absolute atomic E-state index is 12.3. The van der Waals surface area contributed by atoms with Crippen LogP contribution in [-0.2, 0) is 19.6 Å². The van der Waals surface area contributed by atoms with Crippen molar-refractivity contribution >= 4 is 21.8 Å². The molecule has 0 fully saturated rings. The summed E-state index contributed by atoms with van der Waals surface area (Å²) >= 11 is 0. The lowest BCUT2D eigenvalue weighted by atomic mass is 10.1. The second-order valence-corrected chi connectivity index (χ2v) is 8.56. The van der Waals surface area contributed by atoms with Crippen molar-refractivity contribution in [3.8, 4) is 11.5 Å². The molecule has 9 nitrogen and oxygen atoms in total. The Kier molecular flexibility index (Phi) is 6.58. The number of rotatable bonds is 6. The van der Waals surface area contributed by atoms with Crippen molar-refractivity contribution in [1.29, 1.82) is 0 Å². The van der Waals surface area contributed by atoms with Gasteiger partial charge in [0.25, 0.3) is 5.91 Å². The number of benzene rings is 2. The van der Waals surface area contributed by atoms with Gasteiger partial charge in [0, 0.05) is 13.0 Å². The van der Waals surface area contributed by atoms with Crippen molar-refractivity contribution in [3.63, 3.8) is 0 Å². The van der Waals surface area contributed by atoms with Crippen molar-refractivity contribution in [3.05, 3.63) is 53.6 Å². The van der Waals surface area contributed by atoms with Crippen LogP contribution in [0.25, 0.3) is 0 Å². The summed E-state index contributed by atoms with van der Waals surface area (Å²) < 4.78 is 38.0. The summed E-state index contributed by atoms with van der Waals surface area (Å²) in [5, 5.41) is 0. The molecule has 0 aliphatic carbocycles. The third-order valence-corrected chi connectivity index (χ3v) is 6.02. The van der Waals surface area contributed by atoms with Gasteiger partial charge in [-0.1, -0.05) is 18.2 Å². The highest BCUT2D eigenvalue weighted by molar-refractivity contribution is 7.89. The molecule has 1 aliphatic heterocycles. The van der Waals surface area contributed by atoms with Crippen LogP contribution in [0.1, 0.15) is 17.5 Å². The van der Waals surface area contributed by atoms with E-state index < -0.39 is 27.9 Å². The smallest absolute Gasteiger partial charge is 0.283 e. The SMILES string of the molecule is Cc1ccc(S(=O)(=O)NCCC(=O)NNC(=O)C2COc3ccccc3O2)cc1C. The molecule has 2 aromatic carbocycles. The van der Waals surface area contributed by atoms with E-state index in [9.17, 15) is 18.0 Å². The molecule has 10 heteroatoms. The molecule has 0 radical (unpaired) electrons. The van der Waals surface area contributed by atoms with Gasteiger partial charge in [0.05, 0.1) is 4.90 Å². The first kappa shape index (κ1) is 21.6. The Hall–Kier alpha value is -3.11. The van der Waals surface area contributed by atoms with Gasteiger partial charge in [0.2, 0.25) is 22.0 Å². The Morgan fingerprint density at radius 3 is 2.50 bits per heavy atom. The van der Waals surface area contributed by atoms with Crippen LogP contribution in [0.2, 0.25) is 0 Å². The van der Waals surface area contributed by atoms with Gasteiger partial charge >= 0.3 is 0 Å². The minimum Gasteiger partial charge on any atom is -0.485 e. The molecule has 0 spiro atoms. The fourth-order valence-corrected chi connectivity index (χ4v) is 3.80. The molecule has 160 valence electrons. The molecule has 0 bridgehead atoms. The highest BCUT2D eigenvalue weighted by atomic mass is 32.2. The van der Waals surface area contributed by atoms with Gasteiger partial charge in [-0.3, -0.25) is 20.4 Å². The highest BCUT2D eigenvalue weighted by Crippen LogP contribution is 2.30. The maximum atomic E-state index is 12.3. The van der Waals surface area contributed by atoms with Crippen LogP contribution >= 0.6 is 0 Å². The van der Waals surface area contributed by atoms with Crippen LogP contribution in [0, 0.1) is 13.8 Å². The Bertz CT molecular complexity index is 1050. The van der Waals surface area contributed by atoms with E-state index in [2.05, 4.69) is 15.6 Å². The molecule has 0 saturated heterocycles. The molecule has 1 atom stereocenters. The van der Waals surface area contributed by atoms with E-state index in [0.717, 1.165) is 11.1 Å². The maximum Gasteiger partial charge on any atom is 0.283 e. The second-order valence-electron chi connectivity index (χ2n) is 6.80. The Morgan fingerprint density at radius 2 is 1.77 bits per heavy atom. The summed E-state index contributed by atoms with van der Waals surface area (Å²) in [6.45, 7) is 3.60. The molecule has 2 aromatic rings. The summed E-state index contributed by atoms with van der Waals surface area (Å²) in [7, 11) is -3.73. The molecule has 3 rings (SSSR count). The predicted molar refractivity (Wildman–Crippen MR) is 108 cm³/mol. The zero-order chi connectivity index (χ0) is 21.7. The number of ether oxygens (including phenoxy) is 2. The molecule has 3 N–H and O–H groups in total. The number of aryl methyl sites for hydroxylation is 2. The van der Waals surface area contributed by atoms with Crippen molar-refractivity contribution < 1.29 is 27.5 Å². The number of sulfonamides is 1. The number of carbonyl (C=O) groups is 2. The summed E-state index contributed by atoms with van der Waals surface area (Å²) in [4.78, 5) is 24.2. The fourth-order valence-electron chi connectivity index (χ4n) is 2.69. The van der Waals surface area contributed by atoms with Gasteiger partial charge in [-0.15, -0.1) is 0 Å². The van der Waals surface area contributed by atoms with E-state index in [4.69, 9.17) is 9.47 Å². The minimum atomic E-state index is -3.73. The highest BCUT2D eigenvalue weighted by Gasteiger charge is 2.27. The predicted octanol–water partition coefficient (Wildman–Crippen LogP) is 0.959. The average molecular weight is 433 g/mol. The first-order valence-corrected chi connectivity index (χ1v) is 10.8. The van der Waals surface area contributed by atoms with E-state index in [1.54, 1.807) is 36.4 Å². The van der Waals surface area contributed by atoms with Crippen LogP contribution in [0.4, 0.5) is 0 Å². The van der Waals surface area contributed by atoms with Crippen molar-refractivity contribution in [2.75, 3.05) is 13.2 Å². The zero-order valence-corrected chi connectivity index (χ0v) is 17.4.